The van der Waals surface area contributed by atoms with Gasteiger partial charge in [0.1, 0.15) is 11.8 Å². The zero-order valence-corrected chi connectivity index (χ0v) is 20.2. The van der Waals surface area contributed by atoms with Crippen molar-refractivity contribution in [3.8, 4) is 6.07 Å². The summed E-state index contributed by atoms with van der Waals surface area (Å²) in [6.45, 7) is 7.12. The van der Waals surface area contributed by atoms with Crippen molar-refractivity contribution < 1.29 is 5.11 Å². The van der Waals surface area contributed by atoms with E-state index >= 15 is 0 Å². The van der Waals surface area contributed by atoms with Gasteiger partial charge in [-0.2, -0.15) is 5.26 Å². The Kier molecular flexibility index (Phi) is 5.77. The highest BCUT2D eigenvalue weighted by molar-refractivity contribution is 5.43. The van der Waals surface area contributed by atoms with Crippen molar-refractivity contribution in [1.82, 2.24) is 4.98 Å². The molecule has 0 aliphatic heterocycles. The van der Waals surface area contributed by atoms with Crippen LogP contribution in [0.5, 0.6) is 0 Å². The summed E-state index contributed by atoms with van der Waals surface area (Å²) in [6.07, 6.45) is 14.3. The molecule has 0 unspecified atom stereocenters. The first-order valence-electron chi connectivity index (χ1n) is 13.2. The summed E-state index contributed by atoms with van der Waals surface area (Å²) in [5.41, 5.74) is 1.56. The number of nitriles is 1. The number of nitrogens with one attached hydrogen (secondary N) is 1. The molecule has 4 nitrogen and oxygen atoms in total. The zero-order chi connectivity index (χ0) is 22.5. The molecule has 4 aliphatic rings. The van der Waals surface area contributed by atoms with Gasteiger partial charge in [0.15, 0.2) is 0 Å². The Morgan fingerprint density at radius 2 is 1.94 bits per heavy atom. The molecular weight excluding hydrogens is 394 g/mol. The first-order valence-corrected chi connectivity index (χ1v) is 13.2. The van der Waals surface area contributed by atoms with Crippen molar-refractivity contribution in [1.29, 1.82) is 5.26 Å². The molecule has 5 rings (SSSR count). The summed E-state index contributed by atoms with van der Waals surface area (Å²) in [5, 5.41) is 23.7. The summed E-state index contributed by atoms with van der Waals surface area (Å²) < 4.78 is 0. The number of aliphatic hydroxyl groups is 1. The highest BCUT2D eigenvalue weighted by Gasteiger charge is 2.58. The first-order chi connectivity index (χ1) is 15.4. The molecule has 0 radical (unpaired) electrons. The standard InChI is InChI=1S/C28H41N3O/c1-4-28(32)14-12-22-19(15-28)5-8-24-23(22)11-13-27(3)25(9-10-26(24)27)18(2)31-21-7-6-20(16-29)30-17-21/h6-7,17-19,22-26,31-32H,4-5,8-15H2,1-3H3/t18-,19-,22+,23-,24-,25-,26+,27-,28-/m1/s1. The number of hydrogen-bond donors (Lipinski definition) is 2. The van der Waals surface area contributed by atoms with Crippen LogP contribution in [0, 0.1) is 52.3 Å². The van der Waals surface area contributed by atoms with Gasteiger partial charge in [-0.1, -0.05) is 13.8 Å². The number of fused-ring (bicyclic) bond motifs is 5. The lowest BCUT2D eigenvalue weighted by Gasteiger charge is -2.57. The van der Waals surface area contributed by atoms with E-state index in [9.17, 15) is 5.11 Å². The van der Waals surface area contributed by atoms with Gasteiger partial charge in [0.2, 0.25) is 0 Å². The summed E-state index contributed by atoms with van der Waals surface area (Å²) in [4.78, 5) is 4.24. The lowest BCUT2D eigenvalue weighted by atomic mass is 9.48. The maximum absolute atomic E-state index is 10.9. The number of hydrogen-bond acceptors (Lipinski definition) is 4. The first kappa shape index (κ1) is 22.2. The van der Waals surface area contributed by atoms with Gasteiger partial charge in [-0.25, -0.2) is 4.98 Å². The van der Waals surface area contributed by atoms with Crippen LogP contribution in [0.15, 0.2) is 18.3 Å². The van der Waals surface area contributed by atoms with E-state index in [2.05, 4.69) is 37.1 Å². The van der Waals surface area contributed by atoms with Gasteiger partial charge in [0.05, 0.1) is 17.5 Å². The van der Waals surface area contributed by atoms with Crippen LogP contribution in [-0.2, 0) is 0 Å². The second kappa shape index (κ2) is 8.32. The highest BCUT2D eigenvalue weighted by atomic mass is 16.3. The fraction of sp³-hybridized carbons (Fsp3) is 0.786. The minimum Gasteiger partial charge on any atom is -0.390 e. The molecule has 0 spiro atoms. The molecule has 4 fully saturated rings. The molecule has 0 amide bonds. The Morgan fingerprint density at radius 1 is 1.12 bits per heavy atom. The minimum atomic E-state index is -0.378. The van der Waals surface area contributed by atoms with Crippen LogP contribution in [0.1, 0.15) is 90.7 Å². The average molecular weight is 436 g/mol. The molecule has 2 N–H and O–H groups in total. The minimum absolute atomic E-state index is 0.378. The van der Waals surface area contributed by atoms with Gasteiger partial charge in [-0.05, 0) is 124 Å². The second-order valence-corrected chi connectivity index (χ2v) is 12.0. The maximum atomic E-state index is 10.9. The SMILES string of the molecule is CC[C@@]1(O)CC[C@H]2[C@H](CC[C@@H]3[C@@H]2CC[C@]2(C)[C@@H]([C@@H](C)Nc4ccc(C#N)nc4)CC[C@@H]32)C1. The van der Waals surface area contributed by atoms with E-state index in [1.54, 1.807) is 0 Å². The second-order valence-electron chi connectivity index (χ2n) is 12.0. The Hall–Kier alpha value is -1.60. The lowest BCUT2D eigenvalue weighted by molar-refractivity contribution is -0.107. The van der Waals surface area contributed by atoms with Gasteiger partial charge in [0.25, 0.3) is 0 Å². The predicted molar refractivity (Wildman–Crippen MR) is 128 cm³/mol. The van der Waals surface area contributed by atoms with E-state index in [0.717, 1.165) is 54.5 Å². The van der Waals surface area contributed by atoms with Crippen LogP contribution in [-0.4, -0.2) is 21.7 Å². The van der Waals surface area contributed by atoms with Crippen molar-refractivity contribution in [3.05, 3.63) is 24.0 Å². The van der Waals surface area contributed by atoms with E-state index < -0.39 is 0 Å². The predicted octanol–water partition coefficient (Wildman–Crippen LogP) is 6.16. The van der Waals surface area contributed by atoms with Crippen LogP contribution in [0.4, 0.5) is 5.69 Å². The highest BCUT2D eigenvalue weighted by Crippen LogP contribution is 2.65. The summed E-state index contributed by atoms with van der Waals surface area (Å²) in [6, 6.07) is 6.33. The van der Waals surface area contributed by atoms with Gasteiger partial charge in [-0.15, -0.1) is 0 Å². The Labute approximate surface area is 194 Å². The largest absolute Gasteiger partial charge is 0.390 e. The monoisotopic (exact) mass is 435 g/mol. The normalized spacial score (nSPS) is 44.0. The van der Waals surface area contributed by atoms with Crippen molar-refractivity contribution in [3.63, 3.8) is 0 Å². The third kappa shape index (κ3) is 3.65. The zero-order valence-electron chi connectivity index (χ0n) is 20.2. The molecule has 32 heavy (non-hydrogen) atoms. The van der Waals surface area contributed by atoms with Gasteiger partial charge in [-0.3, -0.25) is 0 Å². The summed E-state index contributed by atoms with van der Waals surface area (Å²) in [5.74, 6) is 4.99. The molecule has 1 heterocycles. The van der Waals surface area contributed by atoms with E-state index in [1.807, 2.05) is 18.3 Å². The number of rotatable bonds is 4. The van der Waals surface area contributed by atoms with Crippen LogP contribution in [0.2, 0.25) is 0 Å². The number of anilines is 1. The third-order valence-corrected chi connectivity index (χ3v) is 10.7. The summed E-state index contributed by atoms with van der Waals surface area (Å²) in [7, 11) is 0. The quantitative estimate of drug-likeness (QED) is 0.594. The fourth-order valence-corrected chi connectivity index (χ4v) is 9.05. The lowest BCUT2D eigenvalue weighted by Crippen LogP contribution is -2.51. The molecule has 0 saturated heterocycles. The average Bonchev–Trinajstić information content (AvgIpc) is 3.16. The van der Waals surface area contributed by atoms with E-state index in [1.165, 1.54) is 44.9 Å². The number of nitrogens with zero attached hydrogens (tertiary/aromatic N) is 2. The molecule has 4 heteroatoms. The number of aromatic nitrogens is 1. The smallest absolute Gasteiger partial charge is 0.140 e. The molecule has 4 aliphatic carbocycles. The van der Waals surface area contributed by atoms with Crippen LogP contribution >= 0.6 is 0 Å². The van der Waals surface area contributed by atoms with Crippen LogP contribution in [0.3, 0.4) is 0 Å². The van der Waals surface area contributed by atoms with Gasteiger partial charge >= 0.3 is 0 Å². The number of pyridine rings is 1. The van der Waals surface area contributed by atoms with Crippen molar-refractivity contribution in [2.75, 3.05) is 5.32 Å². The Bertz CT molecular complexity index is 862. The topological polar surface area (TPSA) is 68.9 Å². The van der Waals surface area contributed by atoms with E-state index in [4.69, 9.17) is 5.26 Å². The third-order valence-electron chi connectivity index (χ3n) is 10.7. The maximum Gasteiger partial charge on any atom is 0.140 e. The molecule has 174 valence electrons. The van der Waals surface area contributed by atoms with Gasteiger partial charge < -0.3 is 10.4 Å². The van der Waals surface area contributed by atoms with E-state index in [-0.39, 0.29) is 5.60 Å². The fourth-order valence-electron chi connectivity index (χ4n) is 9.05. The van der Waals surface area contributed by atoms with Crippen LogP contribution in [0.25, 0.3) is 0 Å². The van der Waals surface area contributed by atoms with Crippen molar-refractivity contribution in [2.45, 2.75) is 96.6 Å². The molecule has 4 saturated carbocycles. The molecule has 9 atom stereocenters. The molecule has 0 bridgehead atoms. The van der Waals surface area contributed by atoms with Crippen molar-refractivity contribution in [2.24, 2.45) is 40.9 Å². The summed E-state index contributed by atoms with van der Waals surface area (Å²) >= 11 is 0. The Morgan fingerprint density at radius 3 is 2.66 bits per heavy atom. The molecule has 1 aromatic rings. The molecule has 0 aromatic carbocycles. The van der Waals surface area contributed by atoms with Crippen molar-refractivity contribution >= 4 is 5.69 Å². The van der Waals surface area contributed by atoms with E-state index in [0.29, 0.717) is 23.1 Å². The Balaban J connectivity index is 1.28. The van der Waals surface area contributed by atoms with Gasteiger partial charge in [0, 0.05) is 6.04 Å². The molecule has 1 aromatic heterocycles. The molecular formula is C28H41N3O. The van der Waals surface area contributed by atoms with Crippen LogP contribution < -0.4 is 5.32 Å².